The molecule has 0 spiro atoms. The molecule has 4 heteroatoms. The molecule has 0 saturated heterocycles. The van der Waals surface area contributed by atoms with Crippen LogP contribution in [0.5, 0.6) is 0 Å². The molecule has 0 aromatic heterocycles. The van der Waals surface area contributed by atoms with Gasteiger partial charge >= 0.3 is 0 Å². The van der Waals surface area contributed by atoms with Crippen molar-refractivity contribution in [1.82, 2.24) is 14.7 Å². The average molecular weight is 302 g/mol. The number of hydrogen-bond donors (Lipinski definition) is 0. The molecule has 0 fully saturated rings. The summed E-state index contributed by atoms with van der Waals surface area (Å²) in [5.41, 5.74) is 0. The maximum absolute atomic E-state index is 5.63. The normalized spacial score (nSPS) is 13.6. The van der Waals surface area contributed by atoms with Crippen LogP contribution in [0.2, 0.25) is 0 Å². The molecule has 4 nitrogen and oxygen atoms in total. The Bertz CT molecular complexity index is 202. The first kappa shape index (κ1) is 20.8. The Morgan fingerprint density at radius 3 is 1.48 bits per heavy atom. The number of ether oxygens (including phenoxy) is 1. The highest BCUT2D eigenvalue weighted by Gasteiger charge is 2.15. The summed E-state index contributed by atoms with van der Waals surface area (Å²) in [7, 11) is 0. The van der Waals surface area contributed by atoms with Crippen LogP contribution in [0, 0.1) is 0 Å². The van der Waals surface area contributed by atoms with Gasteiger partial charge in [0.2, 0.25) is 0 Å². The molecule has 0 aliphatic rings. The van der Waals surface area contributed by atoms with E-state index in [0.717, 1.165) is 65.6 Å². The molecule has 0 aliphatic heterocycles. The van der Waals surface area contributed by atoms with Crippen LogP contribution in [0.4, 0.5) is 0 Å². The lowest BCUT2D eigenvalue weighted by Crippen LogP contribution is -2.45. The van der Waals surface area contributed by atoms with Crippen LogP contribution in [-0.4, -0.2) is 86.3 Å². The van der Waals surface area contributed by atoms with Gasteiger partial charge in [0.1, 0.15) is 0 Å². The van der Waals surface area contributed by atoms with Crippen LogP contribution < -0.4 is 0 Å². The Morgan fingerprint density at radius 1 is 0.714 bits per heavy atom. The van der Waals surface area contributed by atoms with Crippen molar-refractivity contribution < 1.29 is 4.74 Å². The SMILES string of the molecule is CCOCC(C)N(CCN(CC)CC)CCN(CC)CC. The summed E-state index contributed by atoms with van der Waals surface area (Å²) in [5, 5.41) is 0. The van der Waals surface area contributed by atoms with Gasteiger partial charge in [0.05, 0.1) is 6.61 Å². The third-order valence-corrected chi connectivity index (χ3v) is 4.38. The number of nitrogens with zero attached hydrogens (tertiary/aromatic N) is 3. The molecule has 0 bridgehead atoms. The highest BCUT2D eigenvalue weighted by atomic mass is 16.5. The summed E-state index contributed by atoms with van der Waals surface area (Å²) in [6, 6.07) is 0.496. The van der Waals surface area contributed by atoms with Crippen molar-refractivity contribution in [3.05, 3.63) is 0 Å². The van der Waals surface area contributed by atoms with Gasteiger partial charge in [-0.05, 0) is 40.0 Å². The first-order valence-electron chi connectivity index (χ1n) is 8.89. The van der Waals surface area contributed by atoms with Gasteiger partial charge in [0.15, 0.2) is 0 Å². The van der Waals surface area contributed by atoms with Gasteiger partial charge in [-0.2, -0.15) is 0 Å². The predicted octanol–water partition coefficient (Wildman–Crippen LogP) is 2.40. The van der Waals surface area contributed by atoms with E-state index in [0.29, 0.717) is 6.04 Å². The van der Waals surface area contributed by atoms with Crippen molar-refractivity contribution in [2.45, 2.75) is 47.6 Å². The molecule has 0 aliphatic carbocycles. The molecular weight excluding hydrogens is 262 g/mol. The standard InChI is InChI=1S/C17H39N3O/c1-7-18(8-2)12-14-20(17(6)16-21-11-5)15-13-19(9-3)10-4/h17H,7-16H2,1-6H3. The topological polar surface area (TPSA) is 19.0 Å². The minimum Gasteiger partial charge on any atom is -0.380 e. The molecule has 128 valence electrons. The van der Waals surface area contributed by atoms with Crippen molar-refractivity contribution in [2.24, 2.45) is 0 Å². The highest BCUT2D eigenvalue weighted by Crippen LogP contribution is 2.02. The Kier molecular flexibility index (Phi) is 13.4. The first-order chi connectivity index (χ1) is 10.1. The van der Waals surface area contributed by atoms with Crippen LogP contribution >= 0.6 is 0 Å². The summed E-state index contributed by atoms with van der Waals surface area (Å²) in [4.78, 5) is 7.59. The summed E-state index contributed by atoms with van der Waals surface area (Å²) >= 11 is 0. The van der Waals surface area contributed by atoms with Crippen molar-refractivity contribution >= 4 is 0 Å². The van der Waals surface area contributed by atoms with Crippen molar-refractivity contribution in [3.8, 4) is 0 Å². The molecule has 0 rings (SSSR count). The van der Waals surface area contributed by atoms with E-state index in [4.69, 9.17) is 4.74 Å². The minimum atomic E-state index is 0.496. The van der Waals surface area contributed by atoms with Gasteiger partial charge < -0.3 is 14.5 Å². The van der Waals surface area contributed by atoms with Gasteiger partial charge in [-0.1, -0.05) is 27.7 Å². The molecule has 0 heterocycles. The zero-order chi connectivity index (χ0) is 16.1. The smallest absolute Gasteiger partial charge is 0.0619 e. The molecule has 0 aromatic carbocycles. The Labute approximate surface area is 133 Å². The molecule has 0 radical (unpaired) electrons. The van der Waals surface area contributed by atoms with Crippen molar-refractivity contribution in [2.75, 3.05) is 65.6 Å². The quantitative estimate of drug-likeness (QED) is 0.490. The molecule has 0 amide bonds. The lowest BCUT2D eigenvalue weighted by molar-refractivity contribution is 0.0627. The van der Waals surface area contributed by atoms with Crippen LogP contribution in [-0.2, 0) is 4.74 Å². The fourth-order valence-corrected chi connectivity index (χ4v) is 2.57. The predicted molar refractivity (Wildman–Crippen MR) is 93.1 cm³/mol. The largest absolute Gasteiger partial charge is 0.380 e. The molecule has 1 unspecified atom stereocenters. The lowest BCUT2D eigenvalue weighted by atomic mass is 10.2. The van der Waals surface area contributed by atoms with E-state index < -0.39 is 0 Å². The Hall–Kier alpha value is -0.160. The minimum absolute atomic E-state index is 0.496. The monoisotopic (exact) mass is 301 g/mol. The Morgan fingerprint density at radius 2 is 1.14 bits per heavy atom. The van der Waals surface area contributed by atoms with Crippen LogP contribution in [0.25, 0.3) is 0 Å². The zero-order valence-electron chi connectivity index (χ0n) is 15.4. The van der Waals surface area contributed by atoms with Crippen molar-refractivity contribution in [1.29, 1.82) is 0 Å². The second kappa shape index (κ2) is 13.5. The number of hydrogen-bond acceptors (Lipinski definition) is 4. The average Bonchev–Trinajstić information content (AvgIpc) is 2.52. The van der Waals surface area contributed by atoms with Crippen LogP contribution in [0.15, 0.2) is 0 Å². The number of likely N-dealkylation sites (N-methyl/N-ethyl adjacent to an activating group) is 2. The second-order valence-corrected chi connectivity index (χ2v) is 5.60. The maximum atomic E-state index is 5.63. The van der Waals surface area contributed by atoms with E-state index in [-0.39, 0.29) is 0 Å². The van der Waals surface area contributed by atoms with Gasteiger partial charge in [-0.15, -0.1) is 0 Å². The summed E-state index contributed by atoms with van der Waals surface area (Å²) < 4.78 is 5.63. The van der Waals surface area contributed by atoms with Crippen LogP contribution in [0.3, 0.4) is 0 Å². The van der Waals surface area contributed by atoms with Crippen molar-refractivity contribution in [3.63, 3.8) is 0 Å². The molecule has 0 aromatic rings. The third-order valence-electron chi connectivity index (χ3n) is 4.38. The molecule has 0 N–H and O–H groups in total. The van der Waals surface area contributed by atoms with E-state index in [1.807, 2.05) is 0 Å². The van der Waals surface area contributed by atoms with E-state index >= 15 is 0 Å². The molecular formula is C17H39N3O. The summed E-state index contributed by atoms with van der Waals surface area (Å²) in [6.07, 6.45) is 0. The highest BCUT2D eigenvalue weighted by molar-refractivity contribution is 4.71. The van der Waals surface area contributed by atoms with Gasteiger partial charge in [0.25, 0.3) is 0 Å². The first-order valence-corrected chi connectivity index (χ1v) is 8.89. The van der Waals surface area contributed by atoms with Gasteiger partial charge in [0, 0.05) is 38.8 Å². The fourth-order valence-electron chi connectivity index (χ4n) is 2.57. The third kappa shape index (κ3) is 9.46. The summed E-state index contributed by atoms with van der Waals surface area (Å²) in [5.74, 6) is 0. The van der Waals surface area contributed by atoms with E-state index in [9.17, 15) is 0 Å². The second-order valence-electron chi connectivity index (χ2n) is 5.60. The molecule has 21 heavy (non-hydrogen) atoms. The summed E-state index contributed by atoms with van der Waals surface area (Å²) in [6.45, 7) is 24.1. The van der Waals surface area contributed by atoms with Gasteiger partial charge in [-0.25, -0.2) is 0 Å². The maximum Gasteiger partial charge on any atom is 0.0619 e. The zero-order valence-corrected chi connectivity index (χ0v) is 15.4. The molecule has 1 atom stereocenters. The number of rotatable bonds is 14. The molecule has 0 saturated carbocycles. The van der Waals surface area contributed by atoms with Gasteiger partial charge in [-0.3, -0.25) is 4.90 Å². The lowest BCUT2D eigenvalue weighted by Gasteiger charge is -2.33. The fraction of sp³-hybridized carbons (Fsp3) is 1.00. The Balaban J connectivity index is 4.38. The van der Waals surface area contributed by atoms with E-state index in [1.54, 1.807) is 0 Å². The van der Waals surface area contributed by atoms with Crippen LogP contribution in [0.1, 0.15) is 41.5 Å². The van der Waals surface area contributed by atoms with E-state index in [1.165, 1.54) is 0 Å². The van der Waals surface area contributed by atoms with E-state index in [2.05, 4.69) is 56.2 Å².